The Hall–Kier alpha value is -2.82. The highest BCUT2D eigenvalue weighted by atomic mass is 35.5. The second-order valence-corrected chi connectivity index (χ2v) is 7.37. The summed E-state index contributed by atoms with van der Waals surface area (Å²) in [6.45, 7) is 1.77. The molecule has 8 heteroatoms. The predicted octanol–water partition coefficient (Wildman–Crippen LogP) is 3.51. The van der Waals surface area contributed by atoms with Crippen molar-refractivity contribution in [1.29, 1.82) is 5.26 Å². The zero-order chi connectivity index (χ0) is 18.0. The van der Waals surface area contributed by atoms with Crippen LogP contribution in [-0.2, 0) is 10.0 Å². The van der Waals surface area contributed by atoms with Crippen LogP contribution < -0.4 is 4.72 Å². The van der Waals surface area contributed by atoms with Gasteiger partial charge in [-0.25, -0.2) is 13.1 Å². The Labute approximate surface area is 150 Å². The van der Waals surface area contributed by atoms with Crippen LogP contribution >= 0.6 is 11.6 Å². The molecule has 0 unspecified atom stereocenters. The summed E-state index contributed by atoms with van der Waals surface area (Å²) in [5.41, 5.74) is 1.48. The predicted molar refractivity (Wildman–Crippen MR) is 95.3 cm³/mol. The molecule has 0 saturated heterocycles. The minimum absolute atomic E-state index is 0.0492. The van der Waals surface area contributed by atoms with E-state index in [-0.39, 0.29) is 15.5 Å². The van der Waals surface area contributed by atoms with Crippen molar-refractivity contribution in [3.63, 3.8) is 0 Å². The van der Waals surface area contributed by atoms with E-state index in [9.17, 15) is 8.42 Å². The van der Waals surface area contributed by atoms with Crippen LogP contribution in [0.2, 0.25) is 5.02 Å². The van der Waals surface area contributed by atoms with E-state index in [2.05, 4.69) is 9.82 Å². The number of anilines is 1. The number of hydrogen-bond donors (Lipinski definition) is 1. The molecule has 0 aliphatic rings. The molecule has 6 nitrogen and oxygen atoms in total. The molecule has 0 saturated carbocycles. The molecule has 25 heavy (non-hydrogen) atoms. The van der Waals surface area contributed by atoms with Crippen molar-refractivity contribution in [2.24, 2.45) is 0 Å². The van der Waals surface area contributed by atoms with E-state index >= 15 is 0 Å². The van der Waals surface area contributed by atoms with Gasteiger partial charge >= 0.3 is 0 Å². The first-order chi connectivity index (χ1) is 11.9. The number of aromatic nitrogens is 2. The summed E-state index contributed by atoms with van der Waals surface area (Å²) < 4.78 is 29.4. The van der Waals surface area contributed by atoms with E-state index < -0.39 is 10.0 Å². The number of benzene rings is 2. The van der Waals surface area contributed by atoms with E-state index in [1.165, 1.54) is 22.9 Å². The first-order valence-electron chi connectivity index (χ1n) is 7.25. The Morgan fingerprint density at radius 1 is 1.16 bits per heavy atom. The van der Waals surface area contributed by atoms with Crippen LogP contribution in [0.5, 0.6) is 0 Å². The molecule has 1 aromatic heterocycles. The molecular weight excluding hydrogens is 360 g/mol. The van der Waals surface area contributed by atoms with E-state index in [1.54, 1.807) is 13.0 Å². The lowest BCUT2D eigenvalue weighted by atomic mass is 10.2. The molecular formula is C17H13ClN4O2S. The van der Waals surface area contributed by atoms with Crippen molar-refractivity contribution >= 4 is 27.4 Å². The largest absolute Gasteiger partial charge is 0.263 e. The minimum atomic E-state index is -3.90. The van der Waals surface area contributed by atoms with Gasteiger partial charge < -0.3 is 0 Å². The van der Waals surface area contributed by atoms with Gasteiger partial charge in [0.25, 0.3) is 10.0 Å². The monoisotopic (exact) mass is 372 g/mol. The summed E-state index contributed by atoms with van der Waals surface area (Å²) in [6.07, 6.45) is 0. The molecule has 3 aromatic rings. The SMILES string of the molecule is Cc1cc(NS(=O)(=O)c2ccc(Cl)c(C#N)c2)n(-c2ccccc2)n1. The third-order valence-electron chi connectivity index (χ3n) is 3.44. The molecule has 0 radical (unpaired) electrons. The average molecular weight is 373 g/mol. The van der Waals surface area contributed by atoms with Crippen LogP contribution in [0.25, 0.3) is 5.69 Å². The van der Waals surface area contributed by atoms with Crippen LogP contribution in [0.1, 0.15) is 11.3 Å². The quantitative estimate of drug-likeness (QED) is 0.759. The lowest BCUT2D eigenvalue weighted by molar-refractivity contribution is 0.600. The third-order valence-corrected chi connectivity index (χ3v) is 5.12. The highest BCUT2D eigenvalue weighted by Crippen LogP contribution is 2.23. The molecule has 0 spiro atoms. The molecule has 0 aliphatic carbocycles. The highest BCUT2D eigenvalue weighted by Gasteiger charge is 2.19. The number of nitrogens with one attached hydrogen (secondary N) is 1. The van der Waals surface area contributed by atoms with Crippen LogP contribution in [-0.4, -0.2) is 18.2 Å². The summed E-state index contributed by atoms with van der Waals surface area (Å²) in [5.74, 6) is 0.303. The molecule has 126 valence electrons. The second-order valence-electron chi connectivity index (χ2n) is 5.28. The molecule has 1 heterocycles. The van der Waals surface area contributed by atoms with E-state index in [4.69, 9.17) is 16.9 Å². The Morgan fingerprint density at radius 3 is 2.56 bits per heavy atom. The molecule has 2 aromatic carbocycles. The van der Waals surface area contributed by atoms with Crippen molar-refractivity contribution in [1.82, 2.24) is 9.78 Å². The Kier molecular flexibility index (Phi) is 4.49. The molecule has 0 aliphatic heterocycles. The summed E-state index contributed by atoms with van der Waals surface area (Å²) in [6, 6.07) is 16.6. The van der Waals surface area contributed by atoms with Gasteiger partial charge in [0.2, 0.25) is 0 Å². The zero-order valence-corrected chi connectivity index (χ0v) is 14.7. The molecule has 0 atom stereocenters. The standard InChI is InChI=1S/C17H13ClN4O2S/c1-12-9-17(22(20-12)14-5-3-2-4-6-14)21-25(23,24)15-7-8-16(18)13(10-15)11-19/h2-10,21H,1H3. The minimum Gasteiger partial charge on any atom is -0.263 e. The first kappa shape index (κ1) is 17.0. The molecule has 3 rings (SSSR count). The molecule has 1 N–H and O–H groups in total. The van der Waals surface area contributed by atoms with Crippen molar-refractivity contribution in [2.45, 2.75) is 11.8 Å². The van der Waals surface area contributed by atoms with Crippen molar-refractivity contribution in [2.75, 3.05) is 4.72 Å². The Bertz CT molecular complexity index is 1070. The smallest absolute Gasteiger partial charge is 0.263 e. The maximum Gasteiger partial charge on any atom is 0.263 e. The van der Waals surface area contributed by atoms with Gasteiger partial charge in [-0.3, -0.25) is 4.72 Å². The normalized spacial score (nSPS) is 11.1. The van der Waals surface area contributed by atoms with Crippen molar-refractivity contribution < 1.29 is 8.42 Å². The average Bonchev–Trinajstić information content (AvgIpc) is 2.95. The summed E-state index contributed by atoms with van der Waals surface area (Å²) in [7, 11) is -3.90. The van der Waals surface area contributed by atoms with Crippen LogP contribution in [0.3, 0.4) is 0 Å². The van der Waals surface area contributed by atoms with Gasteiger partial charge in [0, 0.05) is 6.07 Å². The summed E-state index contributed by atoms with van der Waals surface area (Å²) in [5, 5.41) is 13.6. The van der Waals surface area contributed by atoms with E-state index in [0.717, 1.165) is 5.69 Å². The maximum absolute atomic E-state index is 12.7. The summed E-state index contributed by atoms with van der Waals surface area (Å²) in [4.78, 5) is -0.0492. The topological polar surface area (TPSA) is 87.8 Å². The number of aryl methyl sites for hydroxylation is 1. The van der Waals surface area contributed by atoms with Gasteiger partial charge in [0.1, 0.15) is 11.9 Å². The van der Waals surface area contributed by atoms with Gasteiger partial charge in [-0.2, -0.15) is 10.4 Å². The van der Waals surface area contributed by atoms with E-state index in [1.807, 2.05) is 36.4 Å². The molecule has 0 fully saturated rings. The van der Waals surface area contributed by atoms with Gasteiger partial charge in [-0.15, -0.1) is 0 Å². The number of sulfonamides is 1. The second kappa shape index (κ2) is 6.59. The fourth-order valence-corrected chi connectivity index (χ4v) is 3.51. The maximum atomic E-state index is 12.7. The highest BCUT2D eigenvalue weighted by molar-refractivity contribution is 7.92. The van der Waals surface area contributed by atoms with Crippen LogP contribution in [0.4, 0.5) is 5.82 Å². The number of hydrogen-bond acceptors (Lipinski definition) is 4. The number of para-hydroxylation sites is 1. The van der Waals surface area contributed by atoms with Crippen molar-refractivity contribution in [3.05, 3.63) is 70.9 Å². The molecule has 0 amide bonds. The number of rotatable bonds is 4. The van der Waals surface area contributed by atoms with Gasteiger partial charge in [-0.05, 0) is 37.3 Å². The fourth-order valence-electron chi connectivity index (χ4n) is 2.29. The van der Waals surface area contributed by atoms with Gasteiger partial charge in [0.15, 0.2) is 0 Å². The fraction of sp³-hybridized carbons (Fsp3) is 0.0588. The number of halogens is 1. The molecule has 0 bridgehead atoms. The van der Waals surface area contributed by atoms with Gasteiger partial charge in [-0.1, -0.05) is 29.8 Å². The number of nitrogens with zero attached hydrogens (tertiary/aromatic N) is 3. The van der Waals surface area contributed by atoms with Crippen molar-refractivity contribution in [3.8, 4) is 11.8 Å². The number of nitriles is 1. The zero-order valence-electron chi connectivity index (χ0n) is 13.1. The Morgan fingerprint density at radius 2 is 1.88 bits per heavy atom. The lowest BCUT2D eigenvalue weighted by Crippen LogP contribution is -2.16. The van der Waals surface area contributed by atoms with Crippen LogP contribution in [0, 0.1) is 18.3 Å². The third kappa shape index (κ3) is 3.50. The first-order valence-corrected chi connectivity index (χ1v) is 9.11. The lowest BCUT2D eigenvalue weighted by Gasteiger charge is -2.11. The van der Waals surface area contributed by atoms with E-state index in [0.29, 0.717) is 11.5 Å². The van der Waals surface area contributed by atoms with Gasteiger partial charge in [0.05, 0.1) is 26.9 Å². The summed E-state index contributed by atoms with van der Waals surface area (Å²) >= 11 is 5.86. The van der Waals surface area contributed by atoms with Crippen LogP contribution in [0.15, 0.2) is 59.5 Å². The Balaban J connectivity index is 2.02.